The van der Waals surface area contributed by atoms with Crippen LogP contribution in [0.4, 0.5) is 5.95 Å². The number of aromatic nitrogens is 4. The maximum Gasteiger partial charge on any atom is 0.274 e. The molecule has 27 heavy (non-hydrogen) atoms. The molecule has 8 heteroatoms. The second-order valence-corrected chi connectivity index (χ2v) is 7.37. The Labute approximate surface area is 158 Å². The molecule has 1 spiro atoms. The largest absolute Gasteiger partial charge is 0.383 e. The Morgan fingerprint density at radius 1 is 1.19 bits per heavy atom. The fraction of sp³-hybridized carbons (Fsp3) is 0.526. The van der Waals surface area contributed by atoms with Gasteiger partial charge in [-0.15, -0.1) is 0 Å². The maximum atomic E-state index is 12.6. The molecule has 1 atom stereocenters. The molecule has 0 radical (unpaired) electrons. The van der Waals surface area contributed by atoms with E-state index in [-0.39, 0.29) is 17.4 Å². The third-order valence-electron chi connectivity index (χ3n) is 5.68. The van der Waals surface area contributed by atoms with Gasteiger partial charge in [-0.05, 0) is 30.7 Å². The minimum absolute atomic E-state index is 0.0346. The van der Waals surface area contributed by atoms with Crippen molar-refractivity contribution in [3.05, 3.63) is 42.7 Å². The zero-order valence-electron chi connectivity index (χ0n) is 15.5. The van der Waals surface area contributed by atoms with Gasteiger partial charge in [0.25, 0.3) is 5.91 Å². The summed E-state index contributed by atoms with van der Waals surface area (Å²) in [5.41, 5.74) is 0.582. The molecule has 0 bridgehead atoms. The summed E-state index contributed by atoms with van der Waals surface area (Å²) in [6, 6.07) is 2.09. The molecule has 0 saturated carbocycles. The summed E-state index contributed by atoms with van der Waals surface area (Å²) < 4.78 is 5.45. The highest BCUT2D eigenvalue weighted by Crippen LogP contribution is 2.44. The van der Waals surface area contributed by atoms with E-state index in [4.69, 9.17) is 4.74 Å². The summed E-state index contributed by atoms with van der Waals surface area (Å²) in [6.07, 6.45) is 11.2. The Hall–Kier alpha value is -2.61. The zero-order chi connectivity index (χ0) is 18.7. The summed E-state index contributed by atoms with van der Waals surface area (Å²) in [7, 11) is 1.73. The number of piperidine rings is 1. The van der Waals surface area contributed by atoms with E-state index in [0.717, 1.165) is 44.8 Å². The van der Waals surface area contributed by atoms with E-state index in [1.807, 2.05) is 11.0 Å². The molecule has 8 nitrogen and oxygen atoms in total. The fourth-order valence-electron chi connectivity index (χ4n) is 4.30. The lowest BCUT2D eigenvalue weighted by Crippen LogP contribution is -2.44. The lowest BCUT2D eigenvalue weighted by atomic mass is 9.76. The molecule has 0 N–H and O–H groups in total. The first-order valence-corrected chi connectivity index (χ1v) is 9.29. The molecule has 2 aliphatic rings. The molecular formula is C19H24N6O2. The topological polar surface area (TPSA) is 84.3 Å². The number of carbonyl (C=O) groups is 1. The number of anilines is 1. The van der Waals surface area contributed by atoms with Gasteiger partial charge in [0.1, 0.15) is 5.69 Å². The molecule has 2 fully saturated rings. The van der Waals surface area contributed by atoms with E-state index in [2.05, 4.69) is 24.8 Å². The van der Waals surface area contributed by atoms with Gasteiger partial charge in [-0.3, -0.25) is 9.78 Å². The Kier molecular flexibility index (Phi) is 4.98. The molecule has 1 amide bonds. The Morgan fingerprint density at radius 3 is 2.63 bits per heavy atom. The van der Waals surface area contributed by atoms with Gasteiger partial charge in [0, 0.05) is 51.5 Å². The van der Waals surface area contributed by atoms with E-state index >= 15 is 0 Å². The summed E-state index contributed by atoms with van der Waals surface area (Å²) in [4.78, 5) is 33.8. The Balaban J connectivity index is 1.45. The lowest BCUT2D eigenvalue weighted by molar-refractivity contribution is 0.0592. The molecule has 0 aromatic carbocycles. The van der Waals surface area contributed by atoms with E-state index in [1.54, 1.807) is 31.9 Å². The normalized spacial score (nSPS) is 21.6. The van der Waals surface area contributed by atoms with Gasteiger partial charge >= 0.3 is 0 Å². The van der Waals surface area contributed by atoms with Crippen LogP contribution < -0.4 is 4.90 Å². The summed E-state index contributed by atoms with van der Waals surface area (Å²) in [5.74, 6) is 0.724. The van der Waals surface area contributed by atoms with Gasteiger partial charge in [0.15, 0.2) is 0 Å². The van der Waals surface area contributed by atoms with Gasteiger partial charge in [-0.1, -0.05) is 0 Å². The smallest absolute Gasteiger partial charge is 0.274 e. The Morgan fingerprint density at radius 2 is 1.96 bits per heavy atom. The number of carbonyl (C=O) groups excluding carboxylic acids is 1. The summed E-state index contributed by atoms with van der Waals surface area (Å²) >= 11 is 0. The predicted molar refractivity (Wildman–Crippen MR) is 99.3 cm³/mol. The van der Waals surface area contributed by atoms with Crippen molar-refractivity contribution in [1.82, 2.24) is 24.8 Å². The van der Waals surface area contributed by atoms with Gasteiger partial charge in [0.2, 0.25) is 5.95 Å². The summed E-state index contributed by atoms with van der Waals surface area (Å²) in [5, 5.41) is 0. The first-order chi connectivity index (χ1) is 13.2. The number of methoxy groups -OCH3 is 1. The molecule has 142 valence electrons. The molecule has 4 rings (SSSR count). The van der Waals surface area contributed by atoms with Crippen LogP contribution >= 0.6 is 0 Å². The van der Waals surface area contributed by atoms with E-state index in [1.165, 1.54) is 6.20 Å². The molecule has 2 aromatic heterocycles. The molecule has 1 unspecified atom stereocenters. The molecule has 2 aliphatic heterocycles. The van der Waals surface area contributed by atoms with Crippen molar-refractivity contribution in [1.29, 1.82) is 0 Å². The predicted octanol–water partition coefficient (Wildman–Crippen LogP) is 1.41. The quantitative estimate of drug-likeness (QED) is 0.807. The number of hydrogen-bond acceptors (Lipinski definition) is 7. The standard InChI is InChI=1S/C19H24N6O2/c1-27-13-15-11-19(14-25(15)18-22-5-2-6-23-18)3-9-24(10-4-19)17(26)16-12-20-7-8-21-16/h2,5-8,12,15H,3-4,9-11,13-14H2,1H3. The van der Waals surface area contributed by atoms with Crippen molar-refractivity contribution < 1.29 is 9.53 Å². The SMILES string of the molecule is COCC1CC2(CCN(C(=O)c3cnccn3)CC2)CN1c1ncccn1. The van der Waals surface area contributed by atoms with Crippen molar-refractivity contribution in [3.63, 3.8) is 0 Å². The summed E-state index contributed by atoms with van der Waals surface area (Å²) in [6.45, 7) is 3.03. The average molecular weight is 368 g/mol. The first kappa shape index (κ1) is 17.8. The number of rotatable bonds is 4. The number of amides is 1. The van der Waals surface area contributed by atoms with Crippen molar-refractivity contribution >= 4 is 11.9 Å². The highest BCUT2D eigenvalue weighted by atomic mass is 16.5. The molecular weight excluding hydrogens is 344 g/mol. The monoisotopic (exact) mass is 368 g/mol. The van der Waals surface area contributed by atoms with Crippen molar-refractivity contribution in [3.8, 4) is 0 Å². The van der Waals surface area contributed by atoms with Crippen molar-refractivity contribution in [2.45, 2.75) is 25.3 Å². The Bertz CT molecular complexity index is 764. The number of ether oxygens (including phenoxy) is 1. The van der Waals surface area contributed by atoms with Crippen LogP contribution in [-0.4, -0.2) is 70.1 Å². The van der Waals surface area contributed by atoms with Crippen LogP contribution in [0.25, 0.3) is 0 Å². The number of hydrogen-bond donors (Lipinski definition) is 0. The molecule has 2 aromatic rings. The van der Waals surface area contributed by atoms with Crippen LogP contribution in [0, 0.1) is 5.41 Å². The van der Waals surface area contributed by atoms with Crippen molar-refractivity contribution in [2.24, 2.45) is 5.41 Å². The highest BCUT2D eigenvalue weighted by molar-refractivity contribution is 5.92. The third-order valence-corrected chi connectivity index (χ3v) is 5.68. The van der Waals surface area contributed by atoms with Crippen LogP contribution in [0.3, 0.4) is 0 Å². The maximum absolute atomic E-state index is 12.6. The number of nitrogens with zero attached hydrogens (tertiary/aromatic N) is 6. The van der Waals surface area contributed by atoms with Crippen LogP contribution in [0.2, 0.25) is 0 Å². The molecule has 0 aliphatic carbocycles. The van der Waals surface area contributed by atoms with E-state index in [0.29, 0.717) is 12.3 Å². The van der Waals surface area contributed by atoms with E-state index in [9.17, 15) is 4.79 Å². The lowest BCUT2D eigenvalue weighted by Gasteiger charge is -2.39. The van der Waals surface area contributed by atoms with Crippen LogP contribution in [0.5, 0.6) is 0 Å². The van der Waals surface area contributed by atoms with Crippen LogP contribution in [-0.2, 0) is 4.74 Å². The van der Waals surface area contributed by atoms with Crippen molar-refractivity contribution in [2.75, 3.05) is 38.3 Å². The third kappa shape index (κ3) is 3.62. The van der Waals surface area contributed by atoms with Gasteiger partial charge < -0.3 is 14.5 Å². The average Bonchev–Trinajstić information content (AvgIpc) is 3.07. The first-order valence-electron chi connectivity index (χ1n) is 9.29. The minimum Gasteiger partial charge on any atom is -0.383 e. The second kappa shape index (κ2) is 7.56. The number of likely N-dealkylation sites (tertiary alicyclic amines) is 1. The van der Waals surface area contributed by atoms with Crippen LogP contribution in [0.15, 0.2) is 37.1 Å². The minimum atomic E-state index is -0.0346. The second-order valence-electron chi connectivity index (χ2n) is 7.37. The molecule has 4 heterocycles. The fourth-order valence-corrected chi connectivity index (χ4v) is 4.30. The molecule has 2 saturated heterocycles. The van der Waals surface area contributed by atoms with Crippen LogP contribution in [0.1, 0.15) is 29.8 Å². The van der Waals surface area contributed by atoms with E-state index < -0.39 is 0 Å². The van der Waals surface area contributed by atoms with Gasteiger partial charge in [0.05, 0.1) is 18.8 Å². The van der Waals surface area contributed by atoms with Gasteiger partial charge in [-0.2, -0.15) is 0 Å². The van der Waals surface area contributed by atoms with Gasteiger partial charge in [-0.25, -0.2) is 15.0 Å². The zero-order valence-corrected chi connectivity index (χ0v) is 15.5. The highest BCUT2D eigenvalue weighted by Gasteiger charge is 2.47.